The molecular weight excluding hydrogens is 328 g/mol. The predicted octanol–water partition coefficient (Wildman–Crippen LogP) is 3.71. The van der Waals surface area contributed by atoms with Crippen molar-refractivity contribution in [3.05, 3.63) is 69.2 Å². The summed E-state index contributed by atoms with van der Waals surface area (Å²) in [6.07, 6.45) is 0. The van der Waals surface area contributed by atoms with Crippen LogP contribution in [-0.2, 0) is 6.54 Å². The Morgan fingerprint density at radius 2 is 2.00 bits per heavy atom. The van der Waals surface area contributed by atoms with E-state index in [0.29, 0.717) is 5.56 Å². The van der Waals surface area contributed by atoms with E-state index in [2.05, 4.69) is 34.2 Å². The number of carbonyl (C=O) groups is 1. The van der Waals surface area contributed by atoms with E-state index >= 15 is 0 Å². The van der Waals surface area contributed by atoms with E-state index < -0.39 is 0 Å². The first-order valence-corrected chi connectivity index (χ1v) is 7.65. The number of rotatable bonds is 5. The van der Waals surface area contributed by atoms with E-state index in [0.717, 1.165) is 16.6 Å². The highest BCUT2D eigenvalue weighted by molar-refractivity contribution is 9.10. The van der Waals surface area contributed by atoms with Gasteiger partial charge in [-0.3, -0.25) is 4.79 Å². The van der Waals surface area contributed by atoms with Gasteiger partial charge in [-0.15, -0.1) is 0 Å². The smallest absolute Gasteiger partial charge is 0.248 e. The molecule has 0 aliphatic heterocycles. The van der Waals surface area contributed by atoms with Crippen molar-refractivity contribution >= 4 is 21.8 Å². The molecule has 0 aliphatic carbocycles. The Kier molecular flexibility index (Phi) is 5.15. The van der Waals surface area contributed by atoms with Crippen LogP contribution in [0, 0.1) is 6.92 Å². The number of carbonyl (C=O) groups excluding carboxylic acids is 1. The average Bonchev–Trinajstić information content (AvgIpc) is 2.46. The molecule has 1 amide bonds. The lowest BCUT2D eigenvalue weighted by molar-refractivity contribution is 0.1000. The van der Waals surface area contributed by atoms with E-state index in [1.165, 1.54) is 11.1 Å². The second-order valence-electron chi connectivity index (χ2n) is 5.13. The molecule has 1 atom stereocenters. The Bertz CT molecular complexity index is 655. The van der Waals surface area contributed by atoms with Crippen LogP contribution in [0.1, 0.15) is 40.0 Å². The van der Waals surface area contributed by atoms with Crippen LogP contribution in [-0.4, -0.2) is 5.91 Å². The molecule has 21 heavy (non-hydrogen) atoms. The minimum absolute atomic E-state index is 0.232. The highest BCUT2D eigenvalue weighted by atomic mass is 79.9. The van der Waals surface area contributed by atoms with Gasteiger partial charge in [0.25, 0.3) is 0 Å². The Labute approximate surface area is 133 Å². The van der Waals surface area contributed by atoms with Crippen molar-refractivity contribution in [2.75, 3.05) is 0 Å². The summed E-state index contributed by atoms with van der Waals surface area (Å²) in [4.78, 5) is 11.2. The fourth-order valence-electron chi connectivity index (χ4n) is 2.25. The van der Waals surface area contributed by atoms with Crippen LogP contribution in [0.2, 0.25) is 0 Å². The zero-order valence-electron chi connectivity index (χ0n) is 12.2. The normalized spacial score (nSPS) is 12.1. The zero-order chi connectivity index (χ0) is 15.4. The second-order valence-corrected chi connectivity index (χ2v) is 5.98. The molecule has 3 N–H and O–H groups in total. The molecule has 0 aliphatic rings. The average molecular weight is 347 g/mol. The Morgan fingerprint density at radius 3 is 2.62 bits per heavy atom. The minimum Gasteiger partial charge on any atom is -0.366 e. The summed E-state index contributed by atoms with van der Waals surface area (Å²) >= 11 is 3.57. The summed E-state index contributed by atoms with van der Waals surface area (Å²) in [7, 11) is 0. The van der Waals surface area contributed by atoms with Gasteiger partial charge in [0.05, 0.1) is 0 Å². The van der Waals surface area contributed by atoms with Gasteiger partial charge in [-0.25, -0.2) is 0 Å². The molecule has 0 saturated heterocycles. The molecule has 0 unspecified atom stereocenters. The van der Waals surface area contributed by atoms with Gasteiger partial charge in [-0.2, -0.15) is 0 Å². The number of amides is 1. The van der Waals surface area contributed by atoms with Crippen LogP contribution in [0.3, 0.4) is 0 Å². The van der Waals surface area contributed by atoms with Gasteiger partial charge in [0.2, 0.25) is 5.91 Å². The standard InChI is InChI=1S/C17H19BrN2O/c1-11-9-13(17(19)21)7-8-14(11)10-20-12(2)15-5-3-4-6-16(15)18/h3-9,12,20H,10H2,1-2H3,(H2,19,21)/t12-/m1/s1. The Balaban J connectivity index is 2.06. The summed E-state index contributed by atoms with van der Waals surface area (Å²) in [6, 6.07) is 14.0. The fraction of sp³-hybridized carbons (Fsp3) is 0.235. The molecule has 0 spiro atoms. The number of benzene rings is 2. The monoisotopic (exact) mass is 346 g/mol. The topological polar surface area (TPSA) is 55.1 Å². The summed E-state index contributed by atoms with van der Waals surface area (Å²) in [6.45, 7) is 4.87. The minimum atomic E-state index is -0.390. The number of hydrogen-bond acceptors (Lipinski definition) is 2. The fourth-order valence-corrected chi connectivity index (χ4v) is 2.87. The number of primary amides is 1. The van der Waals surface area contributed by atoms with Gasteiger partial charge in [-0.1, -0.05) is 40.2 Å². The lowest BCUT2D eigenvalue weighted by Gasteiger charge is -2.17. The number of nitrogens with two attached hydrogens (primary N) is 1. The van der Waals surface area contributed by atoms with Crippen LogP contribution < -0.4 is 11.1 Å². The first-order valence-electron chi connectivity index (χ1n) is 6.86. The molecule has 2 aromatic rings. The van der Waals surface area contributed by atoms with Gasteiger partial charge >= 0.3 is 0 Å². The molecule has 0 radical (unpaired) electrons. The van der Waals surface area contributed by atoms with Crippen LogP contribution in [0.4, 0.5) is 0 Å². The number of halogens is 1. The van der Waals surface area contributed by atoms with Gasteiger partial charge in [-0.05, 0) is 48.7 Å². The maximum atomic E-state index is 11.2. The van der Waals surface area contributed by atoms with Gasteiger partial charge < -0.3 is 11.1 Å². The first-order chi connectivity index (χ1) is 9.99. The molecule has 3 nitrogen and oxygen atoms in total. The van der Waals surface area contributed by atoms with Crippen molar-refractivity contribution in [1.29, 1.82) is 0 Å². The molecule has 0 bridgehead atoms. The first kappa shape index (κ1) is 15.7. The second kappa shape index (κ2) is 6.87. The third kappa shape index (κ3) is 3.93. The van der Waals surface area contributed by atoms with E-state index in [1.807, 2.05) is 37.3 Å². The molecule has 0 fully saturated rings. The van der Waals surface area contributed by atoms with Crippen molar-refractivity contribution in [2.24, 2.45) is 5.73 Å². The number of nitrogens with one attached hydrogen (secondary N) is 1. The quantitative estimate of drug-likeness (QED) is 0.866. The van der Waals surface area contributed by atoms with Crippen molar-refractivity contribution in [3.8, 4) is 0 Å². The molecule has 0 heterocycles. The maximum Gasteiger partial charge on any atom is 0.248 e. The van der Waals surface area contributed by atoms with Crippen molar-refractivity contribution in [2.45, 2.75) is 26.4 Å². The third-order valence-corrected chi connectivity index (χ3v) is 4.32. The summed E-state index contributed by atoms with van der Waals surface area (Å²) < 4.78 is 1.10. The van der Waals surface area contributed by atoms with Crippen LogP contribution in [0.5, 0.6) is 0 Å². The lowest BCUT2D eigenvalue weighted by atomic mass is 10.0. The van der Waals surface area contributed by atoms with E-state index in [4.69, 9.17) is 5.73 Å². The molecule has 2 rings (SSSR count). The third-order valence-electron chi connectivity index (χ3n) is 3.60. The SMILES string of the molecule is Cc1cc(C(N)=O)ccc1CN[C@H](C)c1ccccc1Br. The van der Waals surface area contributed by atoms with Crippen molar-refractivity contribution in [1.82, 2.24) is 5.32 Å². The molecule has 0 saturated carbocycles. The van der Waals surface area contributed by atoms with E-state index in [-0.39, 0.29) is 11.9 Å². The van der Waals surface area contributed by atoms with Crippen molar-refractivity contribution < 1.29 is 4.79 Å². The highest BCUT2D eigenvalue weighted by Crippen LogP contribution is 2.23. The summed E-state index contributed by atoms with van der Waals surface area (Å²) in [5.74, 6) is -0.390. The highest BCUT2D eigenvalue weighted by Gasteiger charge is 2.09. The predicted molar refractivity (Wildman–Crippen MR) is 89.1 cm³/mol. The Hall–Kier alpha value is -1.65. The van der Waals surface area contributed by atoms with Crippen molar-refractivity contribution in [3.63, 3.8) is 0 Å². The summed E-state index contributed by atoms with van der Waals surface area (Å²) in [5, 5.41) is 3.50. The lowest BCUT2D eigenvalue weighted by Crippen LogP contribution is -2.19. The molecule has 2 aromatic carbocycles. The zero-order valence-corrected chi connectivity index (χ0v) is 13.8. The van der Waals surface area contributed by atoms with E-state index in [9.17, 15) is 4.79 Å². The molecule has 4 heteroatoms. The van der Waals surface area contributed by atoms with Gasteiger partial charge in [0.15, 0.2) is 0 Å². The van der Waals surface area contributed by atoms with Crippen LogP contribution >= 0.6 is 15.9 Å². The number of hydrogen-bond donors (Lipinski definition) is 2. The van der Waals surface area contributed by atoms with Gasteiger partial charge in [0.1, 0.15) is 0 Å². The molecular formula is C17H19BrN2O. The van der Waals surface area contributed by atoms with E-state index in [1.54, 1.807) is 6.07 Å². The number of aryl methyl sites for hydroxylation is 1. The summed E-state index contributed by atoms with van der Waals surface area (Å²) in [5.41, 5.74) is 9.30. The molecule has 110 valence electrons. The van der Waals surface area contributed by atoms with Gasteiger partial charge in [0, 0.05) is 22.6 Å². The Morgan fingerprint density at radius 1 is 1.29 bits per heavy atom. The van der Waals surface area contributed by atoms with Crippen LogP contribution in [0.15, 0.2) is 46.9 Å². The largest absolute Gasteiger partial charge is 0.366 e. The molecule has 0 aromatic heterocycles. The van der Waals surface area contributed by atoms with Crippen LogP contribution in [0.25, 0.3) is 0 Å². The maximum absolute atomic E-state index is 11.2.